The van der Waals surface area contributed by atoms with Crippen molar-refractivity contribution >= 4 is 21.4 Å². The molecule has 0 aromatic carbocycles. The van der Waals surface area contributed by atoms with E-state index in [9.17, 15) is 8.42 Å². The molecule has 0 aliphatic heterocycles. The van der Waals surface area contributed by atoms with Crippen molar-refractivity contribution in [3.8, 4) is 0 Å². The molecule has 1 fully saturated rings. The Morgan fingerprint density at radius 3 is 2.79 bits per heavy atom. The molecule has 0 unspecified atom stereocenters. The quantitative estimate of drug-likeness (QED) is 0.847. The van der Waals surface area contributed by atoms with Gasteiger partial charge in [-0.05, 0) is 18.8 Å². The van der Waals surface area contributed by atoms with Crippen LogP contribution in [0, 0.1) is 5.92 Å². The van der Waals surface area contributed by atoms with E-state index in [4.69, 9.17) is 0 Å². The molecule has 1 saturated carbocycles. The highest BCUT2D eigenvalue weighted by Crippen LogP contribution is 2.41. The molecular weight excluding hydrogens is 220 g/mol. The highest BCUT2D eigenvalue weighted by molar-refractivity contribution is 7.88. The van der Waals surface area contributed by atoms with Crippen molar-refractivity contribution in [1.82, 2.24) is 9.71 Å². The number of aromatic nitrogens is 1. The standard InChI is InChI=1S/C8H12N2O2S2/c1-14(11,12)10-7(6-2-3-6)8-9-4-5-13-8/h4-7,10H,2-3H2,1H3/t7-/m0/s1. The summed E-state index contributed by atoms with van der Waals surface area (Å²) in [5, 5.41) is 2.74. The molecule has 1 aliphatic rings. The van der Waals surface area contributed by atoms with Crippen molar-refractivity contribution in [2.24, 2.45) is 5.92 Å². The van der Waals surface area contributed by atoms with Crippen molar-refractivity contribution in [1.29, 1.82) is 0 Å². The van der Waals surface area contributed by atoms with Gasteiger partial charge < -0.3 is 0 Å². The fraction of sp³-hybridized carbons (Fsp3) is 0.625. The molecule has 2 rings (SSSR count). The number of nitrogens with zero attached hydrogens (tertiary/aromatic N) is 1. The van der Waals surface area contributed by atoms with Gasteiger partial charge in [0.2, 0.25) is 10.0 Å². The summed E-state index contributed by atoms with van der Waals surface area (Å²) in [4.78, 5) is 4.15. The maximum absolute atomic E-state index is 11.1. The van der Waals surface area contributed by atoms with Crippen molar-refractivity contribution < 1.29 is 8.42 Å². The highest BCUT2D eigenvalue weighted by atomic mass is 32.2. The molecule has 0 radical (unpaired) electrons. The number of nitrogens with one attached hydrogen (secondary N) is 1. The molecular formula is C8H12N2O2S2. The minimum absolute atomic E-state index is 0.106. The maximum atomic E-state index is 11.1. The van der Waals surface area contributed by atoms with Crippen molar-refractivity contribution in [2.75, 3.05) is 6.26 Å². The van der Waals surface area contributed by atoms with E-state index in [-0.39, 0.29) is 6.04 Å². The highest BCUT2D eigenvalue weighted by Gasteiger charge is 2.35. The molecule has 1 aromatic heterocycles. The molecule has 4 nitrogen and oxygen atoms in total. The van der Waals surface area contributed by atoms with Crippen LogP contribution in [0.25, 0.3) is 0 Å². The molecule has 6 heteroatoms. The maximum Gasteiger partial charge on any atom is 0.209 e. The van der Waals surface area contributed by atoms with Crippen LogP contribution in [0.1, 0.15) is 23.9 Å². The van der Waals surface area contributed by atoms with Gasteiger partial charge in [-0.3, -0.25) is 0 Å². The second kappa shape index (κ2) is 3.60. The number of thiazole rings is 1. The fourth-order valence-electron chi connectivity index (χ4n) is 1.40. The SMILES string of the molecule is CS(=O)(=O)N[C@H](c1nccs1)C1CC1. The predicted molar refractivity (Wildman–Crippen MR) is 55.6 cm³/mol. The molecule has 0 saturated heterocycles. The fourth-order valence-corrected chi connectivity index (χ4v) is 3.02. The van der Waals surface area contributed by atoms with E-state index in [0.29, 0.717) is 5.92 Å². The molecule has 1 aromatic rings. The van der Waals surface area contributed by atoms with Crippen LogP contribution in [0.5, 0.6) is 0 Å². The molecule has 1 atom stereocenters. The van der Waals surface area contributed by atoms with Crippen molar-refractivity contribution in [3.63, 3.8) is 0 Å². The van der Waals surface area contributed by atoms with Gasteiger partial charge in [0, 0.05) is 11.6 Å². The topological polar surface area (TPSA) is 59.1 Å². The van der Waals surface area contributed by atoms with Gasteiger partial charge in [-0.15, -0.1) is 11.3 Å². The molecule has 1 N–H and O–H groups in total. The first-order valence-corrected chi connectivity index (χ1v) is 7.20. The molecule has 78 valence electrons. The molecule has 0 bridgehead atoms. The second-order valence-electron chi connectivity index (χ2n) is 3.58. The van der Waals surface area contributed by atoms with Crippen LogP contribution in [-0.4, -0.2) is 19.7 Å². The van der Waals surface area contributed by atoms with E-state index in [1.165, 1.54) is 17.6 Å². The Hall–Kier alpha value is -0.460. The number of hydrogen-bond acceptors (Lipinski definition) is 4. The summed E-state index contributed by atoms with van der Waals surface area (Å²) in [7, 11) is -3.14. The zero-order chi connectivity index (χ0) is 10.2. The minimum Gasteiger partial charge on any atom is -0.248 e. The number of rotatable bonds is 4. The summed E-state index contributed by atoms with van der Waals surface area (Å²) < 4.78 is 24.9. The Morgan fingerprint density at radius 1 is 1.64 bits per heavy atom. The Balaban J connectivity index is 2.17. The van der Waals surface area contributed by atoms with E-state index in [0.717, 1.165) is 17.8 Å². The molecule has 1 aliphatic carbocycles. The molecule has 14 heavy (non-hydrogen) atoms. The van der Waals surface area contributed by atoms with E-state index < -0.39 is 10.0 Å². The van der Waals surface area contributed by atoms with Crippen LogP contribution in [0.2, 0.25) is 0 Å². The van der Waals surface area contributed by atoms with Gasteiger partial charge >= 0.3 is 0 Å². The lowest BCUT2D eigenvalue weighted by atomic mass is 10.2. The first-order valence-electron chi connectivity index (χ1n) is 4.43. The monoisotopic (exact) mass is 232 g/mol. The van der Waals surface area contributed by atoms with Crippen molar-refractivity contribution in [2.45, 2.75) is 18.9 Å². The third-order valence-electron chi connectivity index (χ3n) is 2.15. The van der Waals surface area contributed by atoms with Gasteiger partial charge in [-0.2, -0.15) is 0 Å². The Labute approximate surface area is 87.4 Å². The molecule has 0 amide bonds. The third kappa shape index (κ3) is 2.52. The summed E-state index contributed by atoms with van der Waals surface area (Å²) in [5.74, 6) is 0.441. The number of hydrogen-bond donors (Lipinski definition) is 1. The molecule has 1 heterocycles. The summed E-state index contributed by atoms with van der Waals surface area (Å²) in [6.45, 7) is 0. The third-order valence-corrected chi connectivity index (χ3v) is 3.69. The molecule has 0 spiro atoms. The van der Waals surface area contributed by atoms with Crippen LogP contribution >= 0.6 is 11.3 Å². The van der Waals surface area contributed by atoms with Gasteiger partial charge in [0.25, 0.3) is 0 Å². The lowest BCUT2D eigenvalue weighted by molar-refractivity contribution is 0.532. The first-order chi connectivity index (χ1) is 6.56. The first kappa shape index (κ1) is 10.1. The Morgan fingerprint density at radius 2 is 2.36 bits per heavy atom. The normalized spacial score (nSPS) is 19.5. The van der Waals surface area contributed by atoms with Gasteiger partial charge in [-0.25, -0.2) is 18.1 Å². The summed E-state index contributed by atoms with van der Waals surface area (Å²) in [6, 6.07) is -0.106. The van der Waals surface area contributed by atoms with E-state index >= 15 is 0 Å². The largest absolute Gasteiger partial charge is 0.248 e. The van der Waals surface area contributed by atoms with Gasteiger partial charge in [0.05, 0.1) is 12.3 Å². The smallest absolute Gasteiger partial charge is 0.209 e. The average Bonchev–Trinajstić information content (AvgIpc) is 2.75. The average molecular weight is 232 g/mol. The van der Waals surface area contributed by atoms with Crippen molar-refractivity contribution in [3.05, 3.63) is 16.6 Å². The van der Waals surface area contributed by atoms with Crippen LogP contribution in [0.3, 0.4) is 0 Å². The zero-order valence-electron chi connectivity index (χ0n) is 7.80. The van der Waals surface area contributed by atoms with Gasteiger partial charge in [-0.1, -0.05) is 0 Å². The zero-order valence-corrected chi connectivity index (χ0v) is 9.44. The van der Waals surface area contributed by atoms with Crippen LogP contribution in [-0.2, 0) is 10.0 Å². The lowest BCUT2D eigenvalue weighted by Gasteiger charge is -2.13. The Bertz CT molecular complexity index is 395. The predicted octanol–water partition coefficient (Wildman–Crippen LogP) is 1.14. The summed E-state index contributed by atoms with van der Waals surface area (Å²) in [5.41, 5.74) is 0. The van der Waals surface area contributed by atoms with Crippen LogP contribution in [0.4, 0.5) is 0 Å². The van der Waals surface area contributed by atoms with Crippen LogP contribution in [0.15, 0.2) is 11.6 Å². The van der Waals surface area contributed by atoms with Gasteiger partial charge in [0.15, 0.2) is 0 Å². The summed E-state index contributed by atoms with van der Waals surface area (Å²) >= 11 is 1.50. The number of sulfonamides is 1. The summed E-state index contributed by atoms with van der Waals surface area (Å²) in [6.07, 6.45) is 5.08. The van der Waals surface area contributed by atoms with Crippen LogP contribution < -0.4 is 4.72 Å². The van der Waals surface area contributed by atoms with E-state index in [2.05, 4.69) is 9.71 Å². The Kier molecular flexibility index (Phi) is 2.59. The second-order valence-corrected chi connectivity index (χ2v) is 6.28. The minimum atomic E-state index is -3.14. The lowest BCUT2D eigenvalue weighted by Crippen LogP contribution is -2.28. The van der Waals surface area contributed by atoms with E-state index in [1.807, 2.05) is 5.38 Å². The van der Waals surface area contributed by atoms with Gasteiger partial charge in [0.1, 0.15) is 5.01 Å². The van der Waals surface area contributed by atoms with E-state index in [1.54, 1.807) is 6.20 Å².